The molecule has 2 aromatic rings. The van der Waals surface area contributed by atoms with Crippen molar-refractivity contribution < 1.29 is 4.74 Å². The van der Waals surface area contributed by atoms with E-state index in [1.54, 1.807) is 12.1 Å². The number of hydrogen-bond donors (Lipinski definition) is 2. The Bertz CT molecular complexity index is 652. The SMILES string of the molecule is NC(N)=N/N=C\c1ccc(OCc2ccccc2)c(Cl)c1. The quantitative estimate of drug-likeness (QED) is 0.505. The van der Waals surface area contributed by atoms with Crippen molar-refractivity contribution in [2.45, 2.75) is 6.61 Å². The van der Waals surface area contributed by atoms with Gasteiger partial charge in [0.25, 0.3) is 0 Å². The lowest BCUT2D eigenvalue weighted by molar-refractivity contribution is 0.306. The summed E-state index contributed by atoms with van der Waals surface area (Å²) in [5, 5.41) is 7.73. The first-order valence-corrected chi connectivity index (χ1v) is 6.61. The fraction of sp³-hybridized carbons (Fsp3) is 0.0667. The second-order valence-electron chi connectivity index (χ2n) is 4.23. The van der Waals surface area contributed by atoms with Crippen molar-refractivity contribution in [2.75, 3.05) is 0 Å². The number of nitrogens with two attached hydrogens (primary N) is 2. The minimum atomic E-state index is -0.0971. The van der Waals surface area contributed by atoms with Gasteiger partial charge in [-0.2, -0.15) is 5.10 Å². The maximum atomic E-state index is 6.17. The van der Waals surface area contributed by atoms with Crippen molar-refractivity contribution >= 4 is 23.8 Å². The summed E-state index contributed by atoms with van der Waals surface area (Å²) in [5.74, 6) is 0.514. The van der Waals surface area contributed by atoms with Gasteiger partial charge in [-0.3, -0.25) is 0 Å². The molecule has 0 aliphatic carbocycles. The van der Waals surface area contributed by atoms with E-state index in [4.69, 9.17) is 27.8 Å². The van der Waals surface area contributed by atoms with Gasteiger partial charge >= 0.3 is 0 Å². The van der Waals surface area contributed by atoms with E-state index in [1.807, 2.05) is 36.4 Å². The highest BCUT2D eigenvalue weighted by Crippen LogP contribution is 2.25. The predicted octanol–water partition coefficient (Wildman–Crippen LogP) is 2.53. The normalized spacial score (nSPS) is 10.5. The fourth-order valence-corrected chi connectivity index (χ4v) is 1.86. The molecule has 0 radical (unpaired) electrons. The van der Waals surface area contributed by atoms with Gasteiger partial charge in [-0.05, 0) is 29.3 Å². The second-order valence-corrected chi connectivity index (χ2v) is 4.64. The van der Waals surface area contributed by atoms with Crippen LogP contribution in [0.2, 0.25) is 5.02 Å². The zero-order valence-electron chi connectivity index (χ0n) is 11.2. The zero-order valence-corrected chi connectivity index (χ0v) is 12.0. The van der Waals surface area contributed by atoms with E-state index >= 15 is 0 Å². The van der Waals surface area contributed by atoms with E-state index < -0.39 is 0 Å². The number of benzene rings is 2. The Balaban J connectivity index is 2.02. The smallest absolute Gasteiger partial charge is 0.211 e. The Labute approximate surface area is 127 Å². The highest BCUT2D eigenvalue weighted by atomic mass is 35.5. The number of guanidine groups is 1. The topological polar surface area (TPSA) is 86.0 Å². The largest absolute Gasteiger partial charge is 0.487 e. The van der Waals surface area contributed by atoms with E-state index in [0.29, 0.717) is 17.4 Å². The Morgan fingerprint density at radius 2 is 1.90 bits per heavy atom. The molecule has 0 aromatic heterocycles. The standard InChI is InChI=1S/C15H15ClN4O/c16-13-8-12(9-19-20-15(17)18)6-7-14(13)21-10-11-4-2-1-3-5-11/h1-9H,10H2,(H4,17,18,20)/b19-9-. The average molecular weight is 303 g/mol. The van der Waals surface area contributed by atoms with E-state index in [1.165, 1.54) is 6.21 Å². The van der Waals surface area contributed by atoms with Crippen molar-refractivity contribution in [3.05, 3.63) is 64.7 Å². The van der Waals surface area contributed by atoms with Crippen molar-refractivity contribution in [2.24, 2.45) is 21.7 Å². The third-order valence-electron chi connectivity index (χ3n) is 2.57. The number of halogens is 1. The molecule has 0 atom stereocenters. The molecule has 0 bridgehead atoms. The molecule has 2 rings (SSSR count). The number of ether oxygens (including phenoxy) is 1. The van der Waals surface area contributed by atoms with Crippen LogP contribution in [0, 0.1) is 0 Å². The molecular weight excluding hydrogens is 288 g/mol. The monoisotopic (exact) mass is 302 g/mol. The molecule has 0 unspecified atom stereocenters. The minimum absolute atomic E-state index is 0.0971. The summed E-state index contributed by atoms with van der Waals surface area (Å²) in [6, 6.07) is 15.2. The first kappa shape index (κ1) is 14.9. The molecule has 21 heavy (non-hydrogen) atoms. The molecule has 0 aliphatic rings. The summed E-state index contributed by atoms with van der Waals surface area (Å²) in [4.78, 5) is 0. The van der Waals surface area contributed by atoms with Crippen LogP contribution in [-0.4, -0.2) is 12.2 Å². The van der Waals surface area contributed by atoms with Gasteiger partial charge < -0.3 is 16.2 Å². The number of rotatable bonds is 5. The molecule has 0 aliphatic heterocycles. The molecule has 5 nitrogen and oxygen atoms in total. The summed E-state index contributed by atoms with van der Waals surface area (Å²) in [6.45, 7) is 0.460. The zero-order chi connectivity index (χ0) is 15.1. The fourth-order valence-electron chi connectivity index (χ4n) is 1.61. The Kier molecular flexibility index (Phi) is 5.17. The molecule has 0 amide bonds. The molecule has 2 aromatic carbocycles. The van der Waals surface area contributed by atoms with Crippen LogP contribution in [0.25, 0.3) is 0 Å². The lowest BCUT2D eigenvalue weighted by atomic mass is 10.2. The molecular formula is C15H15ClN4O. The van der Waals surface area contributed by atoms with E-state index in [2.05, 4.69) is 10.2 Å². The van der Waals surface area contributed by atoms with Gasteiger partial charge in [0.2, 0.25) is 5.96 Å². The van der Waals surface area contributed by atoms with Gasteiger partial charge in [0.05, 0.1) is 11.2 Å². The maximum absolute atomic E-state index is 6.17. The van der Waals surface area contributed by atoms with Crippen LogP contribution in [0.1, 0.15) is 11.1 Å². The molecule has 0 heterocycles. The van der Waals surface area contributed by atoms with Gasteiger partial charge in [-0.1, -0.05) is 41.9 Å². The molecule has 0 fully saturated rings. The molecule has 6 heteroatoms. The van der Waals surface area contributed by atoms with Crippen molar-refractivity contribution in [1.29, 1.82) is 0 Å². The number of hydrogen-bond acceptors (Lipinski definition) is 3. The van der Waals surface area contributed by atoms with Crippen molar-refractivity contribution in [3.8, 4) is 5.75 Å². The van der Waals surface area contributed by atoms with E-state index in [9.17, 15) is 0 Å². The second kappa shape index (κ2) is 7.31. The van der Waals surface area contributed by atoms with Gasteiger partial charge in [0, 0.05) is 0 Å². The highest BCUT2D eigenvalue weighted by molar-refractivity contribution is 6.32. The van der Waals surface area contributed by atoms with Crippen LogP contribution in [0.15, 0.2) is 58.7 Å². The molecule has 0 saturated carbocycles. The van der Waals surface area contributed by atoms with E-state index in [0.717, 1.165) is 11.1 Å². The van der Waals surface area contributed by atoms with Gasteiger partial charge in [-0.25, -0.2) is 0 Å². The third-order valence-corrected chi connectivity index (χ3v) is 2.87. The van der Waals surface area contributed by atoms with Gasteiger partial charge in [0.1, 0.15) is 12.4 Å². The Hall–Kier alpha value is -2.53. The summed E-state index contributed by atoms with van der Waals surface area (Å²) in [7, 11) is 0. The summed E-state index contributed by atoms with van der Waals surface area (Å²) in [5.41, 5.74) is 12.2. The van der Waals surface area contributed by atoms with Gasteiger partial charge in [-0.15, -0.1) is 5.10 Å². The van der Waals surface area contributed by atoms with Gasteiger partial charge in [0.15, 0.2) is 0 Å². The van der Waals surface area contributed by atoms with E-state index in [-0.39, 0.29) is 5.96 Å². The number of nitrogens with zero attached hydrogens (tertiary/aromatic N) is 2. The highest BCUT2D eigenvalue weighted by Gasteiger charge is 2.02. The van der Waals surface area contributed by atoms with Crippen molar-refractivity contribution in [3.63, 3.8) is 0 Å². The summed E-state index contributed by atoms with van der Waals surface area (Å²) >= 11 is 6.17. The molecule has 4 N–H and O–H groups in total. The van der Waals surface area contributed by atoms with Crippen LogP contribution < -0.4 is 16.2 Å². The first-order chi connectivity index (χ1) is 10.1. The third kappa shape index (κ3) is 4.81. The van der Waals surface area contributed by atoms with Crippen LogP contribution >= 0.6 is 11.6 Å². The minimum Gasteiger partial charge on any atom is -0.487 e. The lowest BCUT2D eigenvalue weighted by Gasteiger charge is -2.08. The predicted molar refractivity (Wildman–Crippen MR) is 85.6 cm³/mol. The molecule has 0 saturated heterocycles. The lowest BCUT2D eigenvalue weighted by Crippen LogP contribution is -2.21. The van der Waals surface area contributed by atoms with Crippen molar-refractivity contribution in [1.82, 2.24) is 0 Å². The average Bonchev–Trinajstić information content (AvgIpc) is 2.47. The Morgan fingerprint density at radius 3 is 2.57 bits per heavy atom. The Morgan fingerprint density at radius 1 is 1.14 bits per heavy atom. The summed E-state index contributed by atoms with van der Waals surface area (Å²) < 4.78 is 5.68. The molecule has 108 valence electrons. The molecule has 0 spiro atoms. The summed E-state index contributed by atoms with van der Waals surface area (Å²) in [6.07, 6.45) is 1.51. The first-order valence-electron chi connectivity index (χ1n) is 6.23. The maximum Gasteiger partial charge on any atom is 0.211 e. The van der Waals surface area contributed by atoms with Crippen LogP contribution in [0.3, 0.4) is 0 Å². The van der Waals surface area contributed by atoms with Crippen LogP contribution in [0.4, 0.5) is 0 Å². The van der Waals surface area contributed by atoms with Crippen LogP contribution in [0.5, 0.6) is 5.75 Å². The van der Waals surface area contributed by atoms with Crippen LogP contribution in [-0.2, 0) is 6.61 Å².